The maximum absolute atomic E-state index is 13.0. The minimum absolute atomic E-state index is 0.00453. The van der Waals surface area contributed by atoms with Crippen molar-refractivity contribution in [3.05, 3.63) is 276 Å². The number of carbonyl (C=O) groups excluding carboxylic acids is 3. The third-order valence-corrected chi connectivity index (χ3v) is 20.3. The first-order valence-corrected chi connectivity index (χ1v) is 36.7. The van der Waals surface area contributed by atoms with E-state index in [2.05, 4.69) is 46.9 Å². The number of likely N-dealkylation sites (tertiary alicyclic amines) is 2. The number of nitro benzene ring substituents is 4. The Balaban J connectivity index is 0.000000143. The van der Waals surface area contributed by atoms with E-state index in [-0.39, 0.29) is 85.3 Å². The molecule has 3 fully saturated rings. The van der Waals surface area contributed by atoms with Gasteiger partial charge in [-0.15, -0.1) is 0 Å². The molecule has 6 heterocycles. The Morgan fingerprint density at radius 2 is 0.912 bits per heavy atom. The van der Waals surface area contributed by atoms with Crippen LogP contribution in [0.15, 0.2) is 172 Å². The monoisotopic (exact) mass is 1560 g/mol. The lowest BCUT2D eigenvalue weighted by atomic mass is 10.0. The summed E-state index contributed by atoms with van der Waals surface area (Å²) >= 11 is 4.55. The molecule has 0 unspecified atom stereocenters. The van der Waals surface area contributed by atoms with E-state index in [0.717, 1.165) is 146 Å². The highest BCUT2D eigenvalue weighted by atomic mass is 35.5. The third kappa shape index (κ3) is 19.4. The Morgan fingerprint density at radius 1 is 0.513 bits per heavy atom. The summed E-state index contributed by atoms with van der Waals surface area (Å²) in [6.45, 7) is 9.34. The standard InChI is InChI=1S/C24H22N2O5.C23H21N3O5.C14H17NO3.C10H9NO3.C9H7NO2.CH4O.ClHN4/c27-21-9-8-19-23(28)22(31-24(19)20(21)14-25-10-2-1-3-11-25)13-16-5-4-15-12-17(26(29)30)6-7-18(15)16;27-20-6-5-18-22(28)21(31-23(18)19(20)13-25-9-7-24-8-10-25)12-15-2-1-14-11-16(26(29)30)3-4-17(14)15;16-12-5-4-10-13(17)9-18-14(10)11(12)8-15-6-2-1-3-7-15;1-14-10-5-2-7-6-8(11(12)13)3-4-9(7)10;11-10(12)9-5-4-7-2-1-3-8(7)6-9;1-2;1-3-5-4-2/h5-9,12-13,27H,1-4,10-11,14H2;2-6,11-12,24,27H,1,7-10,13H2;4-5,16H,1-3,6-9H2;3-6H,2H2,1H3;1-2,4-6H,3H2;2H,1H3;2H/b22-13-;21-12-;;;;;. The number of benzene rings is 7. The number of fused-ring (bicyclic) bond motifs is 7. The topological polar surface area (TPSA) is 424 Å². The van der Waals surface area contributed by atoms with Crippen molar-refractivity contribution in [2.24, 2.45) is 15.1 Å². The predicted molar refractivity (Wildman–Crippen MR) is 418 cm³/mol. The van der Waals surface area contributed by atoms with E-state index in [1.54, 1.807) is 104 Å². The molecule has 6 aliphatic heterocycles. The van der Waals surface area contributed by atoms with Crippen LogP contribution in [0.25, 0.3) is 23.0 Å². The SMILES string of the molecule is CO.COC1=CCc2cc([N+](=O)[O-])ccc21.N=NN=NCl.O=C1/C(=C/C2=CCc3cc([N+](=O)[O-])ccc32)Oc2c1ccc(O)c2CN1CCCCC1.O=C1/C(=C/C2=CCc3cc([N+](=O)[O-])ccc32)Oc2c1ccc(O)c2CN1CCNCC1.O=C1COc2c1ccc(O)c2CN1CCCCC1.O=[N+]([O-])c1ccc2c(c1)CC=C2. The number of nitrogens with zero attached hydrogens (tertiary/aromatic N) is 10. The van der Waals surface area contributed by atoms with Crippen LogP contribution in [0.5, 0.6) is 34.5 Å². The zero-order valence-electron chi connectivity index (χ0n) is 61.8. The van der Waals surface area contributed by atoms with Crippen LogP contribution in [-0.4, -0.2) is 145 Å². The number of allylic oxidation sites excluding steroid dienone is 10. The van der Waals surface area contributed by atoms with E-state index < -0.39 is 9.85 Å². The van der Waals surface area contributed by atoms with Gasteiger partial charge in [0.1, 0.15) is 40.3 Å². The van der Waals surface area contributed by atoms with Crippen molar-refractivity contribution in [2.75, 3.05) is 73.2 Å². The molecule has 31 nitrogen and oxygen atoms in total. The van der Waals surface area contributed by atoms with Gasteiger partial charge < -0.3 is 44.7 Å². The lowest BCUT2D eigenvalue weighted by Crippen LogP contribution is -2.42. The van der Waals surface area contributed by atoms with E-state index in [9.17, 15) is 70.2 Å². The molecule has 3 saturated heterocycles. The second-order valence-corrected chi connectivity index (χ2v) is 27.3. The van der Waals surface area contributed by atoms with Crippen LogP contribution < -0.4 is 19.5 Å². The second-order valence-electron chi connectivity index (χ2n) is 27.1. The molecule has 17 rings (SSSR count). The summed E-state index contributed by atoms with van der Waals surface area (Å²) in [5.74, 6) is 2.68. The number of phenolic OH excluding ortho intramolecular Hbond substituents is 3. The molecule has 0 radical (unpaired) electrons. The number of non-ortho nitro benzene ring substituents is 4. The molecule has 10 aliphatic rings. The van der Waals surface area contributed by atoms with Crippen molar-refractivity contribution in [1.29, 1.82) is 5.53 Å². The Bertz CT molecular complexity index is 4930. The highest BCUT2D eigenvalue weighted by molar-refractivity contribution is 6.15. The number of aromatic hydroxyl groups is 3. The number of carbonyl (C=O) groups is 3. The maximum atomic E-state index is 13.0. The molecule has 6 N–H and O–H groups in total. The molecule has 4 aliphatic carbocycles. The first-order chi connectivity index (χ1) is 54.7. The van der Waals surface area contributed by atoms with Gasteiger partial charge in [-0.2, -0.15) is 5.53 Å². The number of Topliss-reactive ketones (excluding diaryl/α,β-unsaturated/α-hetero) is 3. The molecule has 0 aromatic heterocycles. The van der Waals surface area contributed by atoms with Crippen molar-refractivity contribution in [3.63, 3.8) is 0 Å². The van der Waals surface area contributed by atoms with Gasteiger partial charge in [-0.25, -0.2) is 0 Å². The lowest BCUT2D eigenvalue weighted by molar-refractivity contribution is -0.385. The number of hydrogen-bond donors (Lipinski definition) is 6. The van der Waals surface area contributed by atoms with Crippen LogP contribution in [0.1, 0.15) is 131 Å². The summed E-state index contributed by atoms with van der Waals surface area (Å²) in [6.07, 6.45) is 23.0. The fourth-order valence-electron chi connectivity index (χ4n) is 14.5. The summed E-state index contributed by atoms with van der Waals surface area (Å²) in [7, 11) is 2.60. The quantitative estimate of drug-likeness (QED) is 0.0255. The molecule has 32 heteroatoms. The maximum Gasteiger partial charge on any atom is 0.269 e. The van der Waals surface area contributed by atoms with Gasteiger partial charge in [0.2, 0.25) is 17.3 Å². The fourth-order valence-corrected chi connectivity index (χ4v) is 14.6. The second kappa shape index (κ2) is 37.9. The number of halogens is 1. The highest BCUT2D eigenvalue weighted by Crippen LogP contribution is 2.45. The number of methoxy groups -OCH3 is 1. The average Bonchev–Trinajstić information content (AvgIpc) is 1.60. The molecular weight excluding hydrogens is 1480 g/mol. The van der Waals surface area contributed by atoms with E-state index in [1.165, 1.54) is 49.9 Å². The van der Waals surface area contributed by atoms with Gasteiger partial charge in [0, 0.05) is 107 Å². The lowest BCUT2D eigenvalue weighted by Gasteiger charge is -2.27. The van der Waals surface area contributed by atoms with Crippen molar-refractivity contribution in [1.82, 2.24) is 20.0 Å². The summed E-state index contributed by atoms with van der Waals surface area (Å²) in [4.78, 5) is 85.7. The molecule has 7 aromatic rings. The van der Waals surface area contributed by atoms with Gasteiger partial charge in [0.05, 0.1) is 72.0 Å². The van der Waals surface area contributed by atoms with Crippen LogP contribution in [0.3, 0.4) is 0 Å². The Morgan fingerprint density at radius 3 is 1.35 bits per heavy atom. The number of nitro groups is 4. The largest absolute Gasteiger partial charge is 0.507 e. The zero-order chi connectivity index (χ0) is 80.4. The molecule has 113 heavy (non-hydrogen) atoms. The van der Waals surface area contributed by atoms with Crippen molar-refractivity contribution < 1.29 is 73.5 Å². The van der Waals surface area contributed by atoms with Gasteiger partial charge in [0.25, 0.3) is 22.7 Å². The summed E-state index contributed by atoms with van der Waals surface area (Å²) < 4.78 is 25.1. The van der Waals surface area contributed by atoms with Gasteiger partial charge in [0.15, 0.2) is 18.1 Å². The minimum atomic E-state index is -0.413. The van der Waals surface area contributed by atoms with Crippen LogP contribution in [0.4, 0.5) is 22.7 Å². The van der Waals surface area contributed by atoms with E-state index in [1.807, 2.05) is 30.4 Å². The van der Waals surface area contributed by atoms with Gasteiger partial charge >= 0.3 is 0 Å². The minimum Gasteiger partial charge on any atom is -0.507 e. The molecule has 0 atom stereocenters. The first kappa shape index (κ1) is 81.5. The van der Waals surface area contributed by atoms with Crippen LogP contribution in [0.2, 0.25) is 0 Å². The number of ether oxygens (including phenoxy) is 4. The molecular formula is C81H81ClN12O19. The molecule has 7 aromatic carbocycles. The zero-order valence-corrected chi connectivity index (χ0v) is 62.5. The fraction of sp³-hybridized carbons (Fsp3) is 0.296. The van der Waals surface area contributed by atoms with Gasteiger partial charge in [-0.05, 0) is 217 Å². The number of hydrogen-bond acceptors (Lipinski definition) is 25. The summed E-state index contributed by atoms with van der Waals surface area (Å²) in [6, 6.07) is 28.8. The average molecular weight is 1560 g/mol. The predicted octanol–water partition coefficient (Wildman–Crippen LogP) is 14.6. The first-order valence-electron chi connectivity index (χ1n) is 36.4. The Hall–Kier alpha value is -12.5. The van der Waals surface area contributed by atoms with Gasteiger partial charge in [-0.3, -0.25) is 69.5 Å². The number of aliphatic hydroxyl groups is 1. The molecule has 0 spiro atoms. The summed E-state index contributed by atoms with van der Waals surface area (Å²) in [5.41, 5.74) is 18.9. The third-order valence-electron chi connectivity index (χ3n) is 20.2. The van der Waals surface area contributed by atoms with Gasteiger partial charge in [-0.1, -0.05) is 41.8 Å². The van der Waals surface area contributed by atoms with Crippen LogP contribution in [-0.2, 0) is 50.1 Å². The van der Waals surface area contributed by atoms with Crippen molar-refractivity contribution in [2.45, 2.75) is 83.8 Å². The number of phenols is 3. The number of rotatable bonds is 14. The van der Waals surface area contributed by atoms with E-state index >= 15 is 0 Å². The van der Waals surface area contributed by atoms with E-state index in [0.29, 0.717) is 84.0 Å². The molecule has 0 bridgehead atoms. The smallest absolute Gasteiger partial charge is 0.269 e. The number of ketones is 3. The number of nitrogens with one attached hydrogen (secondary N) is 2. The molecule has 586 valence electrons. The highest BCUT2D eigenvalue weighted by Gasteiger charge is 2.36. The van der Waals surface area contributed by atoms with Crippen molar-refractivity contribution in [3.8, 4) is 34.5 Å². The molecule has 0 saturated carbocycles. The number of aliphatic hydroxyl groups excluding tert-OH is 1. The Labute approximate surface area is 652 Å². The summed E-state index contributed by atoms with van der Waals surface area (Å²) in [5, 5.41) is 89.2. The molecule has 0 amide bonds. The van der Waals surface area contributed by atoms with Crippen LogP contribution >= 0.6 is 11.8 Å². The number of piperidine rings is 2. The van der Waals surface area contributed by atoms with Crippen LogP contribution in [0, 0.1) is 46.0 Å². The normalized spacial score (nSPS) is 17.1. The number of piperazine rings is 1. The Kier molecular flexibility index (Phi) is 27.3. The van der Waals surface area contributed by atoms with Crippen molar-refractivity contribution >= 4 is 74.9 Å². The van der Waals surface area contributed by atoms with E-state index in [4.69, 9.17) is 29.6 Å².